The zero-order valence-corrected chi connectivity index (χ0v) is 18.8. The Morgan fingerprint density at radius 1 is 1.25 bits per heavy atom. The highest BCUT2D eigenvalue weighted by molar-refractivity contribution is 6.37. The first-order valence-corrected chi connectivity index (χ1v) is 10.3. The van der Waals surface area contributed by atoms with E-state index in [1.807, 2.05) is 6.07 Å². The van der Waals surface area contributed by atoms with Crippen molar-refractivity contribution in [2.24, 2.45) is 5.73 Å². The second-order valence-electron chi connectivity index (χ2n) is 6.84. The van der Waals surface area contributed by atoms with Gasteiger partial charge in [0.2, 0.25) is 5.88 Å². The molecule has 0 aliphatic carbocycles. The number of ether oxygens (including phenoxy) is 3. The molecule has 0 radical (unpaired) electrons. The minimum Gasteiger partial charge on any atom is -0.486 e. The molecule has 0 spiro atoms. The van der Waals surface area contributed by atoms with Crippen LogP contribution in [-0.2, 0) is 20.9 Å². The van der Waals surface area contributed by atoms with Crippen molar-refractivity contribution in [2.75, 3.05) is 6.61 Å². The Balaban J connectivity index is 1.99. The predicted molar refractivity (Wildman–Crippen MR) is 117 cm³/mol. The Morgan fingerprint density at radius 2 is 1.88 bits per heavy atom. The van der Waals surface area contributed by atoms with E-state index >= 15 is 0 Å². The van der Waals surface area contributed by atoms with E-state index < -0.39 is 11.9 Å². The zero-order chi connectivity index (χ0) is 23.4. The molecular formula is C23H19Cl2FN2O4. The van der Waals surface area contributed by atoms with Crippen LogP contribution < -0.4 is 10.5 Å². The van der Waals surface area contributed by atoms with Gasteiger partial charge >= 0.3 is 5.97 Å². The standard InChI is InChI=1S/C23H19Cl2FN2O4/c1-3-30-23(29)19-12(2)32-22(28)16(10-27)20(19)14-8-17(24)21(18(25)9-14)31-11-13-4-6-15(26)7-5-13/h4-9,20H,3,11,28H2,1-2H3. The van der Waals surface area contributed by atoms with Gasteiger partial charge in [-0.3, -0.25) is 0 Å². The SMILES string of the molecule is CCOC(=O)C1=C(C)OC(N)=C(C#N)C1c1cc(Cl)c(OCc2ccc(F)cc2)c(Cl)c1. The molecule has 0 amide bonds. The number of esters is 1. The van der Waals surface area contributed by atoms with Crippen LogP contribution in [0.15, 0.2) is 59.2 Å². The number of carbonyl (C=O) groups is 1. The van der Waals surface area contributed by atoms with Crippen LogP contribution in [-0.4, -0.2) is 12.6 Å². The van der Waals surface area contributed by atoms with E-state index in [1.165, 1.54) is 12.1 Å². The van der Waals surface area contributed by atoms with Gasteiger partial charge in [-0.2, -0.15) is 5.26 Å². The van der Waals surface area contributed by atoms with Crippen LogP contribution in [0.4, 0.5) is 4.39 Å². The molecule has 1 aliphatic rings. The third-order valence-electron chi connectivity index (χ3n) is 4.75. The van der Waals surface area contributed by atoms with Gasteiger partial charge in [0.15, 0.2) is 5.75 Å². The second kappa shape index (κ2) is 9.94. The van der Waals surface area contributed by atoms with Crippen LogP contribution in [0, 0.1) is 17.1 Å². The highest BCUT2D eigenvalue weighted by Gasteiger charge is 2.37. The van der Waals surface area contributed by atoms with Gasteiger partial charge in [-0.05, 0) is 49.2 Å². The maximum atomic E-state index is 13.1. The molecule has 0 fully saturated rings. The summed E-state index contributed by atoms with van der Waals surface area (Å²) in [6.07, 6.45) is 0. The molecule has 9 heteroatoms. The van der Waals surface area contributed by atoms with E-state index in [2.05, 4.69) is 0 Å². The summed E-state index contributed by atoms with van der Waals surface area (Å²) in [7, 11) is 0. The molecule has 6 nitrogen and oxygen atoms in total. The molecule has 0 aromatic heterocycles. The Bertz CT molecular complexity index is 1130. The van der Waals surface area contributed by atoms with Gasteiger partial charge < -0.3 is 19.9 Å². The molecule has 3 rings (SSSR count). The number of nitriles is 1. The lowest BCUT2D eigenvalue weighted by molar-refractivity contribution is -0.139. The summed E-state index contributed by atoms with van der Waals surface area (Å²) in [6.45, 7) is 3.48. The van der Waals surface area contributed by atoms with Crippen molar-refractivity contribution >= 4 is 29.2 Å². The lowest BCUT2D eigenvalue weighted by Gasteiger charge is -2.27. The minimum absolute atomic E-state index is 0.0331. The summed E-state index contributed by atoms with van der Waals surface area (Å²) in [6, 6.07) is 10.9. The van der Waals surface area contributed by atoms with Crippen molar-refractivity contribution in [3.05, 3.63) is 86.2 Å². The molecule has 1 heterocycles. The van der Waals surface area contributed by atoms with Gasteiger partial charge in [-0.25, -0.2) is 9.18 Å². The quantitative estimate of drug-likeness (QED) is 0.564. The van der Waals surface area contributed by atoms with E-state index in [-0.39, 0.29) is 57.6 Å². The molecule has 1 aliphatic heterocycles. The van der Waals surface area contributed by atoms with Crippen molar-refractivity contribution in [3.8, 4) is 11.8 Å². The first kappa shape index (κ1) is 23.5. The topological polar surface area (TPSA) is 94.6 Å². The second-order valence-corrected chi connectivity index (χ2v) is 7.66. The highest BCUT2D eigenvalue weighted by atomic mass is 35.5. The largest absolute Gasteiger partial charge is 0.486 e. The molecular weight excluding hydrogens is 458 g/mol. The van der Waals surface area contributed by atoms with Crippen molar-refractivity contribution in [2.45, 2.75) is 26.4 Å². The average Bonchev–Trinajstić information content (AvgIpc) is 2.74. The van der Waals surface area contributed by atoms with Crippen LogP contribution in [0.3, 0.4) is 0 Å². The van der Waals surface area contributed by atoms with Gasteiger partial charge in [0.25, 0.3) is 0 Å². The number of hydrogen-bond acceptors (Lipinski definition) is 6. The summed E-state index contributed by atoms with van der Waals surface area (Å²) in [5.74, 6) is -1.57. The third-order valence-corrected chi connectivity index (χ3v) is 5.31. The van der Waals surface area contributed by atoms with Crippen LogP contribution in [0.25, 0.3) is 0 Å². The Morgan fingerprint density at radius 3 is 2.44 bits per heavy atom. The number of benzene rings is 2. The maximum Gasteiger partial charge on any atom is 0.338 e. The van der Waals surface area contributed by atoms with Crippen molar-refractivity contribution in [1.82, 2.24) is 0 Å². The molecule has 1 atom stereocenters. The van der Waals surface area contributed by atoms with Gasteiger partial charge in [0.1, 0.15) is 29.8 Å². The summed E-state index contributed by atoms with van der Waals surface area (Å²) < 4.78 is 29.4. The zero-order valence-electron chi connectivity index (χ0n) is 17.2. The smallest absolute Gasteiger partial charge is 0.338 e. The fraction of sp³-hybridized carbons (Fsp3) is 0.217. The van der Waals surface area contributed by atoms with Gasteiger partial charge in [-0.15, -0.1) is 0 Å². The number of allylic oxidation sites excluding steroid dienone is 2. The predicted octanol–water partition coefficient (Wildman–Crippen LogP) is 5.36. The fourth-order valence-electron chi connectivity index (χ4n) is 3.31. The highest BCUT2D eigenvalue weighted by Crippen LogP contribution is 2.44. The van der Waals surface area contributed by atoms with Crippen molar-refractivity contribution in [3.63, 3.8) is 0 Å². The molecule has 0 bridgehead atoms. The molecule has 2 N–H and O–H groups in total. The fourth-order valence-corrected chi connectivity index (χ4v) is 3.92. The molecule has 1 unspecified atom stereocenters. The van der Waals surface area contributed by atoms with E-state index in [0.29, 0.717) is 5.56 Å². The van der Waals surface area contributed by atoms with Crippen molar-refractivity contribution in [1.29, 1.82) is 5.26 Å². The molecule has 166 valence electrons. The monoisotopic (exact) mass is 476 g/mol. The third kappa shape index (κ3) is 4.82. The first-order chi connectivity index (χ1) is 15.3. The summed E-state index contributed by atoms with van der Waals surface area (Å²) in [5, 5.41) is 10.0. The summed E-state index contributed by atoms with van der Waals surface area (Å²) >= 11 is 12.9. The van der Waals surface area contributed by atoms with E-state index in [9.17, 15) is 14.4 Å². The van der Waals surface area contributed by atoms with Gasteiger partial charge in [-0.1, -0.05) is 35.3 Å². The number of nitrogens with zero attached hydrogens (tertiary/aromatic N) is 1. The Hall–Kier alpha value is -3.21. The Kier molecular flexibility index (Phi) is 7.29. The molecule has 0 saturated heterocycles. The average molecular weight is 477 g/mol. The maximum absolute atomic E-state index is 13.1. The summed E-state index contributed by atoms with van der Waals surface area (Å²) in [4.78, 5) is 12.6. The lowest BCUT2D eigenvalue weighted by atomic mass is 9.83. The first-order valence-electron chi connectivity index (χ1n) is 9.58. The van der Waals surface area contributed by atoms with Gasteiger partial charge in [0.05, 0.1) is 28.1 Å². The van der Waals surface area contributed by atoms with E-state index in [0.717, 1.165) is 5.56 Å². The van der Waals surface area contributed by atoms with Crippen LogP contribution in [0.5, 0.6) is 5.75 Å². The van der Waals surface area contributed by atoms with Gasteiger partial charge in [0, 0.05) is 0 Å². The van der Waals surface area contributed by atoms with E-state index in [4.69, 9.17) is 43.1 Å². The summed E-state index contributed by atoms with van der Waals surface area (Å²) in [5.41, 5.74) is 7.23. The number of hydrogen-bond donors (Lipinski definition) is 1. The van der Waals surface area contributed by atoms with E-state index in [1.54, 1.807) is 38.1 Å². The number of nitrogens with two attached hydrogens (primary N) is 1. The normalized spacial score (nSPS) is 15.8. The number of rotatable bonds is 6. The van der Waals surface area contributed by atoms with Crippen LogP contribution >= 0.6 is 23.2 Å². The minimum atomic E-state index is -0.881. The molecule has 2 aromatic carbocycles. The molecule has 0 saturated carbocycles. The number of halogens is 3. The van der Waals surface area contributed by atoms with Crippen molar-refractivity contribution < 1.29 is 23.4 Å². The molecule has 2 aromatic rings. The Labute approximate surface area is 194 Å². The number of carbonyl (C=O) groups excluding carboxylic acids is 1. The molecule has 32 heavy (non-hydrogen) atoms. The lowest BCUT2D eigenvalue weighted by Crippen LogP contribution is -2.25. The van der Waals surface area contributed by atoms with Crippen LogP contribution in [0.2, 0.25) is 10.0 Å². The van der Waals surface area contributed by atoms with Crippen LogP contribution in [0.1, 0.15) is 30.9 Å².